The van der Waals surface area contributed by atoms with Gasteiger partial charge in [-0.1, -0.05) is 37.5 Å². The first-order valence-corrected chi connectivity index (χ1v) is 16.2. The Labute approximate surface area is 303 Å². The average molecular weight is 733 g/mol. The van der Waals surface area contributed by atoms with Crippen LogP contribution in [0.2, 0.25) is 0 Å². The van der Waals surface area contributed by atoms with E-state index in [1.165, 1.54) is 65.5 Å². The number of hydrogen-bond donors (Lipinski definition) is 6. The van der Waals surface area contributed by atoms with Gasteiger partial charge in [0.25, 0.3) is 0 Å². The van der Waals surface area contributed by atoms with E-state index in [4.69, 9.17) is 0 Å². The van der Waals surface area contributed by atoms with Crippen molar-refractivity contribution < 1.29 is 31.7 Å². The zero-order chi connectivity index (χ0) is 28.9. The number of phenolic OH excluding ortho intramolecular Hbond substituents is 3. The first kappa shape index (κ1) is 45.7. The van der Waals surface area contributed by atoms with Crippen LogP contribution in [0.4, 0.5) is 0 Å². The SMILES string of the molecule is Cl.Cl.Cl.O.O.O.Oc1ccc2c(c1)CCNC2CCCCC(CCC1NCCc2cc(O)ccc21)CCC1NCCc2cc(O)ccc21. The van der Waals surface area contributed by atoms with Crippen molar-refractivity contribution in [3.63, 3.8) is 0 Å². The number of halogens is 3. The predicted molar refractivity (Wildman–Crippen MR) is 201 cm³/mol. The molecular formula is C36H56Cl3N3O6. The molecule has 3 aliphatic heterocycles. The van der Waals surface area contributed by atoms with E-state index in [1.54, 1.807) is 0 Å². The minimum absolute atomic E-state index is 0. The van der Waals surface area contributed by atoms with E-state index in [9.17, 15) is 15.3 Å². The summed E-state index contributed by atoms with van der Waals surface area (Å²) in [5.74, 6) is 1.76. The fourth-order valence-corrected chi connectivity index (χ4v) is 7.71. The summed E-state index contributed by atoms with van der Waals surface area (Å²) < 4.78 is 0. The molecule has 12 N–H and O–H groups in total. The second kappa shape index (κ2) is 21.7. The molecular weight excluding hydrogens is 677 g/mol. The number of hydrogen-bond acceptors (Lipinski definition) is 6. The van der Waals surface area contributed by atoms with Gasteiger partial charge >= 0.3 is 0 Å². The molecule has 0 spiro atoms. The molecule has 3 atom stereocenters. The summed E-state index contributed by atoms with van der Waals surface area (Å²) in [6, 6.07) is 18.8. The van der Waals surface area contributed by atoms with E-state index in [0.29, 0.717) is 41.3 Å². The molecule has 3 aromatic carbocycles. The molecule has 48 heavy (non-hydrogen) atoms. The first-order chi connectivity index (χ1) is 20.5. The number of phenols is 3. The smallest absolute Gasteiger partial charge is 0.115 e. The van der Waals surface area contributed by atoms with Crippen LogP contribution in [0, 0.1) is 5.92 Å². The summed E-state index contributed by atoms with van der Waals surface area (Å²) in [5, 5.41) is 41.1. The van der Waals surface area contributed by atoms with Gasteiger partial charge in [-0.25, -0.2) is 0 Å². The predicted octanol–water partition coefficient (Wildman–Crippen LogP) is 5.29. The third kappa shape index (κ3) is 11.4. The van der Waals surface area contributed by atoms with Crippen LogP contribution in [0.3, 0.4) is 0 Å². The molecule has 6 rings (SSSR count). The molecule has 3 heterocycles. The first-order valence-electron chi connectivity index (χ1n) is 16.2. The lowest BCUT2D eigenvalue weighted by molar-refractivity contribution is 0.322. The fraction of sp³-hybridized carbons (Fsp3) is 0.500. The van der Waals surface area contributed by atoms with E-state index in [0.717, 1.165) is 58.2 Å². The normalized spacial score (nSPS) is 19.4. The molecule has 9 nitrogen and oxygen atoms in total. The Kier molecular flexibility index (Phi) is 20.7. The van der Waals surface area contributed by atoms with Crippen LogP contribution in [0.5, 0.6) is 17.2 Å². The third-order valence-corrected chi connectivity index (χ3v) is 9.94. The van der Waals surface area contributed by atoms with Gasteiger partial charge in [0.05, 0.1) is 0 Å². The van der Waals surface area contributed by atoms with Crippen molar-refractivity contribution in [1.29, 1.82) is 0 Å². The highest BCUT2D eigenvalue weighted by atomic mass is 35.5. The molecule has 0 saturated heterocycles. The van der Waals surface area contributed by atoms with Gasteiger partial charge in [-0.05, 0) is 147 Å². The number of nitrogens with one attached hydrogen (secondary N) is 3. The van der Waals surface area contributed by atoms with Crippen molar-refractivity contribution in [2.24, 2.45) is 5.92 Å². The molecule has 0 fully saturated rings. The molecule has 12 heteroatoms. The van der Waals surface area contributed by atoms with Crippen molar-refractivity contribution >= 4 is 37.2 Å². The molecule has 0 radical (unpaired) electrons. The van der Waals surface area contributed by atoms with Crippen LogP contribution < -0.4 is 16.0 Å². The van der Waals surface area contributed by atoms with Crippen molar-refractivity contribution in [3.05, 3.63) is 88.0 Å². The Morgan fingerprint density at radius 2 is 0.854 bits per heavy atom. The molecule has 272 valence electrons. The lowest BCUT2D eigenvalue weighted by atomic mass is 9.83. The lowest BCUT2D eigenvalue weighted by Gasteiger charge is -2.31. The Hall–Kier alpha value is -2.31. The number of fused-ring (bicyclic) bond motifs is 3. The van der Waals surface area contributed by atoms with E-state index in [-0.39, 0.29) is 53.6 Å². The minimum atomic E-state index is 0. The Bertz CT molecular complexity index is 1320. The molecule has 3 aromatic rings. The van der Waals surface area contributed by atoms with Gasteiger partial charge in [0.15, 0.2) is 0 Å². The van der Waals surface area contributed by atoms with E-state index in [1.807, 2.05) is 36.4 Å². The van der Waals surface area contributed by atoms with Crippen molar-refractivity contribution in [3.8, 4) is 17.2 Å². The maximum absolute atomic E-state index is 10.00. The molecule has 3 unspecified atom stereocenters. The lowest BCUT2D eigenvalue weighted by Crippen LogP contribution is -2.31. The third-order valence-electron chi connectivity index (χ3n) is 9.94. The van der Waals surface area contributed by atoms with Gasteiger partial charge in [0.2, 0.25) is 0 Å². The van der Waals surface area contributed by atoms with Crippen LogP contribution in [-0.2, 0) is 19.3 Å². The van der Waals surface area contributed by atoms with E-state index >= 15 is 0 Å². The largest absolute Gasteiger partial charge is 0.508 e. The monoisotopic (exact) mass is 731 g/mol. The summed E-state index contributed by atoms with van der Waals surface area (Å²) in [6.07, 6.45) is 12.3. The van der Waals surface area contributed by atoms with Crippen LogP contribution >= 0.6 is 37.2 Å². The van der Waals surface area contributed by atoms with Gasteiger partial charge < -0.3 is 47.7 Å². The van der Waals surface area contributed by atoms with Crippen LogP contribution in [0.15, 0.2) is 54.6 Å². The summed E-state index contributed by atoms with van der Waals surface area (Å²) in [5.41, 5.74) is 7.93. The van der Waals surface area contributed by atoms with Crippen molar-refractivity contribution in [2.45, 2.75) is 88.8 Å². The highest BCUT2D eigenvalue weighted by Crippen LogP contribution is 2.36. The van der Waals surface area contributed by atoms with Gasteiger partial charge in [-0.2, -0.15) is 0 Å². The second-order valence-corrected chi connectivity index (χ2v) is 12.7. The summed E-state index contributed by atoms with van der Waals surface area (Å²) in [7, 11) is 0. The van der Waals surface area contributed by atoms with Gasteiger partial charge in [0.1, 0.15) is 17.2 Å². The Morgan fingerprint density at radius 1 is 0.500 bits per heavy atom. The van der Waals surface area contributed by atoms with Crippen LogP contribution in [0.25, 0.3) is 0 Å². The summed E-state index contributed by atoms with van der Waals surface area (Å²) in [6.45, 7) is 2.91. The molecule has 0 bridgehead atoms. The second-order valence-electron chi connectivity index (χ2n) is 12.7. The molecule has 0 aromatic heterocycles. The quantitative estimate of drug-likeness (QED) is 0.145. The highest BCUT2D eigenvalue weighted by molar-refractivity contribution is 5.86. The van der Waals surface area contributed by atoms with E-state index < -0.39 is 0 Å². The zero-order valence-corrected chi connectivity index (χ0v) is 29.9. The van der Waals surface area contributed by atoms with Crippen molar-refractivity contribution in [1.82, 2.24) is 16.0 Å². The highest BCUT2D eigenvalue weighted by Gasteiger charge is 2.25. The minimum Gasteiger partial charge on any atom is -0.508 e. The van der Waals surface area contributed by atoms with Gasteiger partial charge in [-0.15, -0.1) is 37.2 Å². The van der Waals surface area contributed by atoms with Crippen molar-refractivity contribution in [2.75, 3.05) is 19.6 Å². The molecule has 0 aliphatic carbocycles. The van der Waals surface area contributed by atoms with Gasteiger partial charge in [-0.3, -0.25) is 0 Å². The molecule has 0 amide bonds. The van der Waals surface area contributed by atoms with Crippen LogP contribution in [-0.4, -0.2) is 51.4 Å². The summed E-state index contributed by atoms with van der Waals surface area (Å²) >= 11 is 0. The molecule has 0 saturated carbocycles. The average Bonchev–Trinajstić information content (AvgIpc) is 2.99. The Morgan fingerprint density at radius 3 is 1.23 bits per heavy atom. The van der Waals surface area contributed by atoms with Crippen LogP contribution in [0.1, 0.15) is 103 Å². The maximum Gasteiger partial charge on any atom is 0.115 e. The zero-order valence-electron chi connectivity index (χ0n) is 27.5. The maximum atomic E-state index is 10.00. The number of unbranched alkanes of at least 4 members (excludes halogenated alkanes) is 1. The summed E-state index contributed by atoms with van der Waals surface area (Å²) in [4.78, 5) is 0. The Balaban J connectivity index is 0.00000368. The number of aromatic hydroxyl groups is 3. The topological polar surface area (TPSA) is 191 Å². The van der Waals surface area contributed by atoms with Gasteiger partial charge in [0, 0.05) is 18.1 Å². The number of benzene rings is 3. The standard InChI is InChI=1S/C36H47N3O3.3ClH.3H2O/c40-28-7-10-31-25(21-28)15-18-37-34(31)4-2-1-3-24(5-13-35-32-11-8-29(41)22-26(32)16-19-38-35)6-14-36-33-12-9-30(42)23-27(33)17-20-39-36;;;;;;/h7-12,21-24,34-42H,1-6,13-20H2;3*1H;3*1H2. The molecule has 3 aliphatic rings. The number of rotatable bonds is 11. The van der Waals surface area contributed by atoms with E-state index in [2.05, 4.69) is 34.1 Å². The fourth-order valence-electron chi connectivity index (χ4n) is 7.71.